The highest BCUT2D eigenvalue weighted by atomic mass is 14.6. The lowest BCUT2D eigenvalue weighted by molar-refractivity contribution is 0.585. The minimum absolute atomic E-state index is 0.343. The molecule has 2 aliphatic carbocycles. The van der Waals surface area contributed by atoms with Crippen LogP contribution in [0.4, 0.5) is 0 Å². The predicted octanol–water partition coefficient (Wildman–Crippen LogP) is 2.14. The second-order valence-electron chi connectivity index (χ2n) is 3.50. The molecule has 2 N–H and O–H groups in total. The van der Waals surface area contributed by atoms with Crippen molar-refractivity contribution in [1.82, 2.24) is 0 Å². The van der Waals surface area contributed by atoms with Crippen molar-refractivity contribution in [3.63, 3.8) is 0 Å². The minimum Gasteiger partial charge on any atom is -0.324 e. The molecule has 0 aromatic heterocycles. The van der Waals surface area contributed by atoms with Crippen molar-refractivity contribution in [2.45, 2.75) is 38.1 Å². The summed E-state index contributed by atoms with van der Waals surface area (Å²) in [6.45, 7) is 0. The Morgan fingerprint density at radius 1 is 1.36 bits per heavy atom. The van der Waals surface area contributed by atoms with Crippen molar-refractivity contribution in [2.75, 3.05) is 0 Å². The molecule has 0 fully saturated rings. The van der Waals surface area contributed by atoms with Crippen molar-refractivity contribution in [3.8, 4) is 0 Å². The van der Waals surface area contributed by atoms with Gasteiger partial charge < -0.3 is 5.73 Å². The highest BCUT2D eigenvalue weighted by Gasteiger charge is 2.18. The highest BCUT2D eigenvalue weighted by molar-refractivity contribution is 5.35. The number of hydrogen-bond donors (Lipinski definition) is 1. The van der Waals surface area contributed by atoms with Crippen molar-refractivity contribution in [1.29, 1.82) is 0 Å². The summed E-state index contributed by atoms with van der Waals surface area (Å²) in [5.74, 6) is 0. The van der Waals surface area contributed by atoms with Gasteiger partial charge in [-0.2, -0.15) is 0 Å². The zero-order valence-corrected chi connectivity index (χ0v) is 6.84. The second-order valence-corrected chi connectivity index (χ2v) is 3.50. The summed E-state index contributed by atoms with van der Waals surface area (Å²) in [7, 11) is 0. The van der Waals surface area contributed by atoms with E-state index in [4.69, 9.17) is 5.73 Å². The Hall–Kier alpha value is -0.560. The maximum atomic E-state index is 5.98. The standard InChI is InChI=1S/C10H15N/c11-10-7-3-5-8-4-1-2-6-9(8)10/h2,6,10H,1,3-5,7,11H2/t10-/m0/s1. The van der Waals surface area contributed by atoms with Gasteiger partial charge in [-0.05, 0) is 37.7 Å². The molecule has 0 unspecified atom stereocenters. The molecule has 0 aromatic carbocycles. The van der Waals surface area contributed by atoms with Crippen molar-refractivity contribution in [2.24, 2.45) is 5.73 Å². The van der Waals surface area contributed by atoms with E-state index in [1.807, 2.05) is 0 Å². The Bertz CT molecular complexity index is 213. The first-order chi connectivity index (χ1) is 5.38. The van der Waals surface area contributed by atoms with Crippen LogP contribution < -0.4 is 5.73 Å². The van der Waals surface area contributed by atoms with Crippen LogP contribution in [-0.4, -0.2) is 6.04 Å². The van der Waals surface area contributed by atoms with Crippen molar-refractivity contribution in [3.05, 3.63) is 23.3 Å². The number of allylic oxidation sites excluding steroid dienone is 2. The lowest BCUT2D eigenvalue weighted by atomic mass is 9.83. The van der Waals surface area contributed by atoms with E-state index < -0.39 is 0 Å². The summed E-state index contributed by atoms with van der Waals surface area (Å²) in [5, 5.41) is 0. The van der Waals surface area contributed by atoms with Gasteiger partial charge in [-0.25, -0.2) is 0 Å². The van der Waals surface area contributed by atoms with E-state index in [-0.39, 0.29) is 0 Å². The van der Waals surface area contributed by atoms with E-state index in [0.29, 0.717) is 6.04 Å². The van der Waals surface area contributed by atoms with Gasteiger partial charge in [0.25, 0.3) is 0 Å². The third-order valence-corrected chi connectivity index (χ3v) is 2.71. The van der Waals surface area contributed by atoms with Crippen molar-refractivity contribution >= 4 is 0 Å². The molecular formula is C10H15N. The summed E-state index contributed by atoms with van der Waals surface area (Å²) in [4.78, 5) is 0. The molecular weight excluding hydrogens is 134 g/mol. The molecule has 0 radical (unpaired) electrons. The molecule has 60 valence electrons. The van der Waals surface area contributed by atoms with Crippen LogP contribution in [-0.2, 0) is 0 Å². The number of rotatable bonds is 0. The Morgan fingerprint density at radius 3 is 3.09 bits per heavy atom. The van der Waals surface area contributed by atoms with Crippen LogP contribution in [0.2, 0.25) is 0 Å². The molecule has 0 spiro atoms. The molecule has 1 nitrogen and oxygen atoms in total. The average molecular weight is 149 g/mol. The van der Waals surface area contributed by atoms with Crippen LogP contribution in [0.3, 0.4) is 0 Å². The molecule has 0 saturated carbocycles. The Kier molecular flexibility index (Phi) is 1.82. The monoisotopic (exact) mass is 149 g/mol. The molecule has 0 bridgehead atoms. The van der Waals surface area contributed by atoms with Crippen LogP contribution in [0.15, 0.2) is 23.3 Å². The topological polar surface area (TPSA) is 26.0 Å². The Labute approximate surface area is 68.0 Å². The Balaban J connectivity index is 2.28. The molecule has 2 rings (SSSR count). The fourth-order valence-electron chi connectivity index (χ4n) is 2.08. The van der Waals surface area contributed by atoms with Gasteiger partial charge in [-0.3, -0.25) is 0 Å². The summed E-state index contributed by atoms with van der Waals surface area (Å²) in [6, 6.07) is 0.343. The molecule has 2 aliphatic rings. The van der Waals surface area contributed by atoms with Crippen LogP contribution in [0, 0.1) is 0 Å². The third kappa shape index (κ3) is 1.25. The van der Waals surface area contributed by atoms with Gasteiger partial charge in [0.2, 0.25) is 0 Å². The van der Waals surface area contributed by atoms with E-state index in [1.54, 1.807) is 5.57 Å². The molecule has 0 aromatic rings. The van der Waals surface area contributed by atoms with E-state index in [9.17, 15) is 0 Å². The molecule has 1 atom stereocenters. The first-order valence-electron chi connectivity index (χ1n) is 4.52. The van der Waals surface area contributed by atoms with Gasteiger partial charge >= 0.3 is 0 Å². The molecule has 0 aliphatic heterocycles. The summed E-state index contributed by atoms with van der Waals surface area (Å²) in [6.07, 6.45) is 10.8. The zero-order chi connectivity index (χ0) is 7.68. The summed E-state index contributed by atoms with van der Waals surface area (Å²) in [5.41, 5.74) is 9.06. The number of hydrogen-bond acceptors (Lipinski definition) is 1. The van der Waals surface area contributed by atoms with Gasteiger partial charge in [0.15, 0.2) is 0 Å². The fraction of sp³-hybridized carbons (Fsp3) is 0.600. The van der Waals surface area contributed by atoms with E-state index >= 15 is 0 Å². The molecule has 0 amide bonds. The normalized spacial score (nSPS) is 30.5. The van der Waals surface area contributed by atoms with Crippen molar-refractivity contribution < 1.29 is 0 Å². The van der Waals surface area contributed by atoms with Gasteiger partial charge in [0.05, 0.1) is 0 Å². The van der Waals surface area contributed by atoms with Crippen LogP contribution >= 0.6 is 0 Å². The molecule has 0 heterocycles. The zero-order valence-electron chi connectivity index (χ0n) is 6.84. The lowest BCUT2D eigenvalue weighted by Crippen LogP contribution is -2.26. The minimum atomic E-state index is 0.343. The van der Waals surface area contributed by atoms with Gasteiger partial charge in [0, 0.05) is 6.04 Å². The van der Waals surface area contributed by atoms with E-state index in [0.717, 1.165) is 0 Å². The lowest BCUT2D eigenvalue weighted by Gasteiger charge is -2.26. The Morgan fingerprint density at radius 2 is 2.27 bits per heavy atom. The smallest absolute Gasteiger partial charge is 0.0294 e. The van der Waals surface area contributed by atoms with Crippen LogP contribution in [0.25, 0.3) is 0 Å². The van der Waals surface area contributed by atoms with E-state index in [1.165, 1.54) is 37.7 Å². The van der Waals surface area contributed by atoms with Gasteiger partial charge in [-0.1, -0.05) is 17.7 Å². The molecule has 11 heavy (non-hydrogen) atoms. The van der Waals surface area contributed by atoms with Crippen LogP contribution in [0.5, 0.6) is 0 Å². The van der Waals surface area contributed by atoms with Gasteiger partial charge in [0.1, 0.15) is 0 Å². The summed E-state index contributed by atoms with van der Waals surface area (Å²) < 4.78 is 0. The maximum absolute atomic E-state index is 5.98. The number of nitrogens with two attached hydrogens (primary N) is 1. The van der Waals surface area contributed by atoms with E-state index in [2.05, 4.69) is 12.2 Å². The average Bonchev–Trinajstić information content (AvgIpc) is 2.06. The highest BCUT2D eigenvalue weighted by Crippen LogP contribution is 2.30. The first-order valence-corrected chi connectivity index (χ1v) is 4.52. The SMILES string of the molecule is N[C@H]1CCCC2=C1C=CCC2. The predicted molar refractivity (Wildman–Crippen MR) is 47.2 cm³/mol. The maximum Gasteiger partial charge on any atom is 0.0294 e. The summed E-state index contributed by atoms with van der Waals surface area (Å²) >= 11 is 0. The second kappa shape index (κ2) is 2.82. The molecule has 1 heteroatoms. The largest absolute Gasteiger partial charge is 0.324 e. The van der Waals surface area contributed by atoms with Gasteiger partial charge in [-0.15, -0.1) is 0 Å². The molecule has 0 saturated heterocycles. The fourth-order valence-corrected chi connectivity index (χ4v) is 2.08. The van der Waals surface area contributed by atoms with Crippen LogP contribution in [0.1, 0.15) is 32.1 Å². The quantitative estimate of drug-likeness (QED) is 0.561. The third-order valence-electron chi connectivity index (χ3n) is 2.71. The first kappa shape index (κ1) is 7.11.